The number of benzene rings is 1. The van der Waals surface area contributed by atoms with Crippen LogP contribution < -0.4 is 5.32 Å². The summed E-state index contributed by atoms with van der Waals surface area (Å²) in [5.74, 6) is -0.328. The molecule has 0 aliphatic rings. The molecule has 0 aromatic heterocycles. The van der Waals surface area contributed by atoms with Crippen molar-refractivity contribution in [3.8, 4) is 0 Å². The summed E-state index contributed by atoms with van der Waals surface area (Å²) in [7, 11) is 0. The van der Waals surface area contributed by atoms with Crippen molar-refractivity contribution in [2.75, 3.05) is 19.8 Å². The van der Waals surface area contributed by atoms with Gasteiger partial charge in [0.2, 0.25) is 0 Å². The van der Waals surface area contributed by atoms with Gasteiger partial charge in [0.05, 0.1) is 6.61 Å². The van der Waals surface area contributed by atoms with Crippen LogP contribution >= 0.6 is 0 Å². The number of aryl methyl sites for hydroxylation is 1. The Labute approximate surface area is 103 Å². The van der Waals surface area contributed by atoms with Crippen molar-refractivity contribution >= 4 is 5.91 Å². The maximum absolute atomic E-state index is 11.7. The van der Waals surface area contributed by atoms with E-state index < -0.39 is 12.8 Å². The second-order valence-corrected chi connectivity index (χ2v) is 3.79. The molecule has 100 valence electrons. The highest BCUT2D eigenvalue weighted by Gasteiger charge is 2.27. The number of nitrogens with one attached hydrogen (secondary N) is 1. The van der Waals surface area contributed by atoms with Gasteiger partial charge >= 0.3 is 6.18 Å². The molecular weight excluding hydrogens is 247 g/mol. The molecule has 0 fully saturated rings. The van der Waals surface area contributed by atoms with E-state index in [4.69, 9.17) is 0 Å². The molecule has 1 aromatic rings. The fraction of sp³-hybridized carbons (Fsp3) is 0.417. The molecule has 0 radical (unpaired) electrons. The number of carbonyl (C=O) groups is 1. The van der Waals surface area contributed by atoms with Crippen LogP contribution in [-0.2, 0) is 4.74 Å². The van der Waals surface area contributed by atoms with E-state index in [0.717, 1.165) is 5.56 Å². The molecule has 0 aliphatic heterocycles. The monoisotopic (exact) mass is 261 g/mol. The van der Waals surface area contributed by atoms with Gasteiger partial charge in [0.25, 0.3) is 5.91 Å². The van der Waals surface area contributed by atoms with Gasteiger partial charge in [-0.3, -0.25) is 4.79 Å². The van der Waals surface area contributed by atoms with Gasteiger partial charge in [0.15, 0.2) is 0 Å². The highest BCUT2D eigenvalue weighted by atomic mass is 19.4. The second kappa shape index (κ2) is 6.39. The molecule has 0 saturated carbocycles. The average Bonchev–Trinajstić information content (AvgIpc) is 2.27. The van der Waals surface area contributed by atoms with E-state index in [1.807, 2.05) is 6.92 Å². The van der Waals surface area contributed by atoms with Crippen molar-refractivity contribution in [3.05, 3.63) is 35.4 Å². The maximum atomic E-state index is 11.7. The van der Waals surface area contributed by atoms with Gasteiger partial charge in [-0.15, -0.1) is 0 Å². The predicted molar refractivity (Wildman–Crippen MR) is 60.4 cm³/mol. The third-order valence-electron chi connectivity index (χ3n) is 2.11. The van der Waals surface area contributed by atoms with Gasteiger partial charge < -0.3 is 10.1 Å². The fourth-order valence-electron chi connectivity index (χ4n) is 1.23. The number of ether oxygens (including phenoxy) is 1. The molecule has 0 heterocycles. The van der Waals surface area contributed by atoms with Gasteiger partial charge in [0.1, 0.15) is 6.61 Å². The SMILES string of the molecule is Cc1ccc(C(=O)NCCOCC(F)(F)F)cc1. The van der Waals surface area contributed by atoms with E-state index in [0.29, 0.717) is 5.56 Å². The third kappa shape index (κ3) is 5.67. The molecule has 6 heteroatoms. The quantitative estimate of drug-likeness (QED) is 0.826. The zero-order valence-corrected chi connectivity index (χ0v) is 9.88. The Morgan fingerprint density at radius 2 is 1.89 bits per heavy atom. The highest BCUT2D eigenvalue weighted by molar-refractivity contribution is 5.94. The molecule has 0 aliphatic carbocycles. The van der Waals surface area contributed by atoms with Crippen LogP contribution in [-0.4, -0.2) is 31.8 Å². The number of hydrogen-bond acceptors (Lipinski definition) is 2. The van der Waals surface area contributed by atoms with E-state index in [1.54, 1.807) is 24.3 Å². The lowest BCUT2D eigenvalue weighted by Crippen LogP contribution is -2.28. The fourth-order valence-corrected chi connectivity index (χ4v) is 1.23. The Bertz CT molecular complexity index is 387. The van der Waals surface area contributed by atoms with Crippen molar-refractivity contribution < 1.29 is 22.7 Å². The molecule has 1 rings (SSSR count). The van der Waals surface area contributed by atoms with E-state index >= 15 is 0 Å². The number of carbonyl (C=O) groups excluding carboxylic acids is 1. The molecule has 1 amide bonds. The van der Waals surface area contributed by atoms with Crippen LogP contribution in [0, 0.1) is 6.92 Å². The summed E-state index contributed by atoms with van der Waals surface area (Å²) < 4.78 is 39.6. The maximum Gasteiger partial charge on any atom is 0.411 e. The highest BCUT2D eigenvalue weighted by Crippen LogP contribution is 2.13. The molecule has 1 N–H and O–H groups in total. The van der Waals surface area contributed by atoms with Crippen molar-refractivity contribution in [3.63, 3.8) is 0 Å². The first-order valence-electron chi connectivity index (χ1n) is 5.38. The van der Waals surface area contributed by atoms with Crippen molar-refractivity contribution in [2.45, 2.75) is 13.1 Å². The predicted octanol–water partition coefficient (Wildman–Crippen LogP) is 2.30. The van der Waals surface area contributed by atoms with Gasteiger partial charge in [-0.25, -0.2) is 0 Å². The Balaban J connectivity index is 2.24. The number of hydrogen-bond donors (Lipinski definition) is 1. The smallest absolute Gasteiger partial charge is 0.370 e. The molecule has 0 atom stereocenters. The minimum atomic E-state index is -4.33. The number of halogens is 3. The molecular formula is C12H14F3NO2. The molecule has 18 heavy (non-hydrogen) atoms. The van der Waals surface area contributed by atoms with Gasteiger partial charge in [-0.1, -0.05) is 17.7 Å². The lowest BCUT2D eigenvalue weighted by molar-refractivity contribution is -0.173. The molecule has 0 saturated heterocycles. The summed E-state index contributed by atoms with van der Waals surface area (Å²) in [5, 5.41) is 2.47. The van der Waals surface area contributed by atoms with Crippen molar-refractivity contribution in [1.82, 2.24) is 5.32 Å². The normalized spacial score (nSPS) is 11.3. The molecule has 0 spiro atoms. The van der Waals surface area contributed by atoms with Crippen LogP contribution in [0.1, 0.15) is 15.9 Å². The molecule has 1 aromatic carbocycles. The minimum absolute atomic E-state index is 0.0444. The zero-order chi connectivity index (χ0) is 13.6. The first-order valence-corrected chi connectivity index (χ1v) is 5.38. The van der Waals surface area contributed by atoms with E-state index in [1.165, 1.54) is 0 Å². The molecule has 3 nitrogen and oxygen atoms in total. The van der Waals surface area contributed by atoms with Crippen LogP contribution in [0.25, 0.3) is 0 Å². The first-order chi connectivity index (χ1) is 8.38. The first kappa shape index (κ1) is 14.5. The largest absolute Gasteiger partial charge is 0.411 e. The zero-order valence-electron chi connectivity index (χ0n) is 9.88. The summed E-state index contributed by atoms with van der Waals surface area (Å²) >= 11 is 0. The summed E-state index contributed by atoms with van der Waals surface area (Å²) in [6.45, 7) is 0.472. The lowest BCUT2D eigenvalue weighted by atomic mass is 10.1. The van der Waals surface area contributed by atoms with E-state index in [-0.39, 0.29) is 19.1 Å². The molecule has 0 bridgehead atoms. The average molecular weight is 261 g/mol. The lowest BCUT2D eigenvalue weighted by Gasteiger charge is -2.08. The number of alkyl halides is 3. The van der Waals surface area contributed by atoms with Gasteiger partial charge in [0, 0.05) is 12.1 Å². The second-order valence-electron chi connectivity index (χ2n) is 3.79. The summed E-state index contributed by atoms with van der Waals surface area (Å²) in [4.78, 5) is 11.5. The topological polar surface area (TPSA) is 38.3 Å². The third-order valence-corrected chi connectivity index (χ3v) is 2.11. The minimum Gasteiger partial charge on any atom is -0.370 e. The van der Waals surface area contributed by atoms with Crippen LogP contribution in [0.3, 0.4) is 0 Å². The van der Waals surface area contributed by atoms with Crippen molar-refractivity contribution in [2.24, 2.45) is 0 Å². The Morgan fingerprint density at radius 1 is 1.28 bits per heavy atom. The van der Waals surface area contributed by atoms with Crippen LogP contribution in [0.5, 0.6) is 0 Å². The van der Waals surface area contributed by atoms with Crippen LogP contribution in [0.15, 0.2) is 24.3 Å². The summed E-state index contributed by atoms with van der Waals surface area (Å²) in [5.41, 5.74) is 1.50. The molecule has 0 unspecified atom stereocenters. The van der Waals surface area contributed by atoms with Gasteiger partial charge in [-0.2, -0.15) is 13.2 Å². The van der Waals surface area contributed by atoms with Gasteiger partial charge in [-0.05, 0) is 19.1 Å². The van der Waals surface area contributed by atoms with Crippen molar-refractivity contribution in [1.29, 1.82) is 0 Å². The Kier molecular flexibility index (Phi) is 5.15. The van der Waals surface area contributed by atoms with E-state index in [2.05, 4.69) is 10.1 Å². The van der Waals surface area contributed by atoms with E-state index in [9.17, 15) is 18.0 Å². The number of amides is 1. The Hall–Kier alpha value is -1.56. The summed E-state index contributed by atoms with van der Waals surface area (Å²) in [6.07, 6.45) is -4.33. The number of rotatable bonds is 5. The van der Waals surface area contributed by atoms with Crippen LogP contribution in [0.4, 0.5) is 13.2 Å². The van der Waals surface area contributed by atoms with Crippen LogP contribution in [0.2, 0.25) is 0 Å². The summed E-state index contributed by atoms with van der Waals surface area (Å²) in [6, 6.07) is 6.88. The standard InChI is InChI=1S/C12H14F3NO2/c1-9-2-4-10(5-3-9)11(17)16-6-7-18-8-12(13,14)15/h2-5H,6-8H2,1H3,(H,16,17). The Morgan fingerprint density at radius 3 is 2.44 bits per heavy atom.